The van der Waals surface area contributed by atoms with Gasteiger partial charge in [0.1, 0.15) is 0 Å². The van der Waals surface area contributed by atoms with Crippen molar-refractivity contribution in [1.29, 1.82) is 0 Å². The average Bonchev–Trinajstić information content (AvgIpc) is 2.58. The van der Waals surface area contributed by atoms with Crippen LogP contribution in [0.1, 0.15) is 44.7 Å². The van der Waals surface area contributed by atoms with Gasteiger partial charge in [0.25, 0.3) is 0 Å². The van der Waals surface area contributed by atoms with Crippen molar-refractivity contribution in [3.8, 4) is 0 Å². The molecule has 0 spiro atoms. The van der Waals surface area contributed by atoms with Gasteiger partial charge >= 0.3 is 0 Å². The quantitative estimate of drug-likeness (QED) is 0.795. The Kier molecular flexibility index (Phi) is 4.84. The first-order valence-electron chi connectivity index (χ1n) is 7.94. The Morgan fingerprint density at radius 2 is 1.24 bits per heavy atom. The second-order valence-corrected chi connectivity index (χ2v) is 5.93. The first kappa shape index (κ1) is 15.8. The molecule has 0 radical (unpaired) electrons. The molecule has 2 atom stereocenters. The van der Waals surface area contributed by atoms with Crippen molar-refractivity contribution >= 4 is 0 Å². The lowest BCUT2D eigenvalue weighted by Crippen LogP contribution is -2.55. The molecule has 0 aliphatic rings. The van der Waals surface area contributed by atoms with Crippen molar-refractivity contribution in [2.45, 2.75) is 44.6 Å². The Bertz CT molecular complexity index is 543. The maximum Gasteiger partial charge on any atom is 0.0524 e. The smallest absolute Gasteiger partial charge is 0.0524 e. The third-order valence-corrected chi connectivity index (χ3v) is 5.28. The van der Waals surface area contributed by atoms with Crippen molar-refractivity contribution in [2.75, 3.05) is 7.05 Å². The molecule has 0 aliphatic carbocycles. The molecule has 0 aromatic heterocycles. The lowest BCUT2D eigenvalue weighted by Gasteiger charge is -2.49. The molecule has 0 aliphatic heterocycles. The number of nitrogens with one attached hydrogen (secondary N) is 1. The zero-order valence-corrected chi connectivity index (χ0v) is 13.7. The van der Waals surface area contributed by atoms with Gasteiger partial charge in [0, 0.05) is 5.41 Å². The van der Waals surface area contributed by atoms with E-state index in [9.17, 15) is 0 Å². The van der Waals surface area contributed by atoms with Crippen LogP contribution in [-0.4, -0.2) is 7.05 Å². The summed E-state index contributed by atoms with van der Waals surface area (Å²) in [4.78, 5) is 0. The predicted molar refractivity (Wildman–Crippen MR) is 91.6 cm³/mol. The summed E-state index contributed by atoms with van der Waals surface area (Å²) in [5, 5.41) is 3.67. The van der Waals surface area contributed by atoms with Crippen LogP contribution in [0.4, 0.5) is 0 Å². The van der Waals surface area contributed by atoms with Crippen LogP contribution >= 0.6 is 0 Å². The normalized spacial score (nSPS) is 17.0. The largest absolute Gasteiger partial charge is 0.310 e. The zero-order chi connectivity index (χ0) is 15.3. The highest BCUT2D eigenvalue weighted by Crippen LogP contribution is 2.46. The molecule has 21 heavy (non-hydrogen) atoms. The lowest BCUT2D eigenvalue weighted by molar-refractivity contribution is 0.175. The molecule has 0 saturated heterocycles. The number of likely N-dealkylation sites (N-methyl/N-ethyl adjacent to an activating group) is 1. The highest BCUT2D eigenvalue weighted by Gasteiger charge is 2.46. The lowest BCUT2D eigenvalue weighted by atomic mass is 9.60. The summed E-state index contributed by atoms with van der Waals surface area (Å²) >= 11 is 0. The van der Waals surface area contributed by atoms with Crippen molar-refractivity contribution in [3.05, 3.63) is 71.8 Å². The molecule has 1 nitrogen and oxygen atoms in total. The minimum atomic E-state index is -0.0651. The minimum absolute atomic E-state index is 0.0408. The van der Waals surface area contributed by atoms with E-state index in [1.54, 1.807) is 0 Å². The molecule has 0 amide bonds. The maximum atomic E-state index is 3.67. The molecule has 2 unspecified atom stereocenters. The van der Waals surface area contributed by atoms with Crippen molar-refractivity contribution in [2.24, 2.45) is 0 Å². The van der Waals surface area contributed by atoms with Gasteiger partial charge in [0.2, 0.25) is 0 Å². The summed E-state index contributed by atoms with van der Waals surface area (Å²) in [6.45, 7) is 6.95. The van der Waals surface area contributed by atoms with E-state index in [-0.39, 0.29) is 11.0 Å². The van der Waals surface area contributed by atoms with E-state index in [0.717, 1.165) is 12.8 Å². The summed E-state index contributed by atoms with van der Waals surface area (Å²) in [6, 6.07) is 21.8. The van der Waals surface area contributed by atoms with E-state index in [1.807, 2.05) is 0 Å². The summed E-state index contributed by atoms with van der Waals surface area (Å²) < 4.78 is 0. The molecule has 0 fully saturated rings. The second-order valence-electron chi connectivity index (χ2n) is 5.93. The Balaban J connectivity index is 2.64. The molecular formula is C20H27N. The summed E-state index contributed by atoms with van der Waals surface area (Å²) in [7, 11) is 2.09. The Hall–Kier alpha value is -1.60. The zero-order valence-electron chi connectivity index (χ0n) is 13.7. The summed E-state index contributed by atoms with van der Waals surface area (Å²) in [6.07, 6.45) is 2.13. The Morgan fingerprint density at radius 3 is 1.62 bits per heavy atom. The fourth-order valence-electron chi connectivity index (χ4n) is 3.79. The molecule has 2 rings (SSSR count). The first-order chi connectivity index (χ1) is 10.1. The van der Waals surface area contributed by atoms with Crippen LogP contribution in [0, 0.1) is 0 Å². The van der Waals surface area contributed by atoms with Gasteiger partial charge < -0.3 is 5.32 Å². The van der Waals surface area contributed by atoms with Crippen molar-refractivity contribution in [3.63, 3.8) is 0 Å². The maximum absolute atomic E-state index is 3.67. The van der Waals surface area contributed by atoms with Gasteiger partial charge in [-0.25, -0.2) is 0 Å². The number of rotatable bonds is 6. The topological polar surface area (TPSA) is 12.0 Å². The van der Waals surface area contributed by atoms with Gasteiger partial charge in [0.05, 0.1) is 5.54 Å². The molecule has 1 heteroatoms. The fraction of sp³-hybridized carbons (Fsp3) is 0.400. The Morgan fingerprint density at radius 1 is 0.762 bits per heavy atom. The van der Waals surface area contributed by atoms with Crippen LogP contribution in [0.25, 0.3) is 0 Å². The molecule has 0 saturated carbocycles. The van der Waals surface area contributed by atoms with Gasteiger partial charge in [0.15, 0.2) is 0 Å². The first-order valence-corrected chi connectivity index (χ1v) is 7.94. The molecule has 2 aromatic rings. The van der Waals surface area contributed by atoms with Gasteiger partial charge in [-0.1, -0.05) is 81.4 Å². The minimum Gasteiger partial charge on any atom is -0.310 e. The highest BCUT2D eigenvalue weighted by molar-refractivity contribution is 5.37. The van der Waals surface area contributed by atoms with Crippen LogP contribution in [0.5, 0.6) is 0 Å². The molecule has 0 bridgehead atoms. The van der Waals surface area contributed by atoms with Gasteiger partial charge in [-0.05, 0) is 31.0 Å². The van der Waals surface area contributed by atoms with Crippen molar-refractivity contribution < 1.29 is 0 Å². The van der Waals surface area contributed by atoms with Crippen LogP contribution in [-0.2, 0) is 11.0 Å². The van der Waals surface area contributed by atoms with Crippen LogP contribution in [0.3, 0.4) is 0 Å². The summed E-state index contributed by atoms with van der Waals surface area (Å²) in [5.41, 5.74) is 2.74. The van der Waals surface area contributed by atoms with Crippen molar-refractivity contribution in [1.82, 2.24) is 5.32 Å². The van der Waals surface area contributed by atoms with Crippen LogP contribution in [0.15, 0.2) is 60.7 Å². The molecule has 0 heterocycles. The molecular weight excluding hydrogens is 254 g/mol. The van der Waals surface area contributed by atoms with E-state index in [4.69, 9.17) is 0 Å². The van der Waals surface area contributed by atoms with E-state index in [1.165, 1.54) is 11.1 Å². The van der Waals surface area contributed by atoms with E-state index >= 15 is 0 Å². The van der Waals surface area contributed by atoms with Crippen LogP contribution < -0.4 is 5.32 Å². The molecule has 112 valence electrons. The molecule has 1 N–H and O–H groups in total. The van der Waals surface area contributed by atoms with E-state index < -0.39 is 0 Å². The van der Waals surface area contributed by atoms with Gasteiger partial charge in [-0.3, -0.25) is 0 Å². The van der Waals surface area contributed by atoms with E-state index in [2.05, 4.69) is 93.8 Å². The Labute approximate surface area is 129 Å². The SMILES string of the molecule is CCC(C)(c1ccccc1)C(CC)(NC)c1ccccc1. The number of hydrogen-bond acceptors (Lipinski definition) is 1. The third kappa shape index (κ3) is 2.51. The number of hydrogen-bond donors (Lipinski definition) is 1. The number of benzene rings is 2. The van der Waals surface area contributed by atoms with E-state index in [0.29, 0.717) is 0 Å². The fourth-order valence-corrected chi connectivity index (χ4v) is 3.79. The van der Waals surface area contributed by atoms with Gasteiger partial charge in [-0.2, -0.15) is 0 Å². The third-order valence-electron chi connectivity index (χ3n) is 5.28. The molecule has 2 aromatic carbocycles. The van der Waals surface area contributed by atoms with Gasteiger partial charge in [-0.15, -0.1) is 0 Å². The predicted octanol–water partition coefficient (Wildman–Crippen LogP) is 4.88. The standard InChI is InChI=1S/C20H27N/c1-5-19(3,17-13-9-7-10-14-17)20(6-2,21-4)18-15-11-8-12-16-18/h7-16,21H,5-6H2,1-4H3. The monoisotopic (exact) mass is 281 g/mol. The highest BCUT2D eigenvalue weighted by atomic mass is 15.0. The van der Waals surface area contributed by atoms with Crippen LogP contribution in [0.2, 0.25) is 0 Å². The summed E-state index contributed by atoms with van der Waals surface area (Å²) in [5.74, 6) is 0. The second kappa shape index (κ2) is 6.44. The average molecular weight is 281 g/mol.